The smallest absolute Gasteiger partial charge is 0.0729 e. The summed E-state index contributed by atoms with van der Waals surface area (Å²) in [7, 11) is 0. The van der Waals surface area contributed by atoms with Crippen LogP contribution >= 0.6 is 0 Å². The molecule has 0 radical (unpaired) electrons. The van der Waals surface area contributed by atoms with Gasteiger partial charge in [-0.15, -0.1) is 0 Å². The van der Waals surface area contributed by atoms with Crippen LogP contribution in [-0.4, -0.2) is 34.5 Å². The van der Waals surface area contributed by atoms with E-state index in [0.29, 0.717) is 0 Å². The summed E-state index contributed by atoms with van der Waals surface area (Å²) in [4.78, 5) is 14.2. The molecule has 0 saturated carbocycles. The molecule has 1 atom stereocenters. The van der Waals surface area contributed by atoms with E-state index in [4.69, 9.17) is 4.98 Å². The van der Waals surface area contributed by atoms with Crippen molar-refractivity contribution in [3.63, 3.8) is 0 Å². The molecule has 136 valence electrons. The third-order valence-corrected chi connectivity index (χ3v) is 5.90. The number of rotatable bonds is 4. The molecule has 4 heteroatoms. The van der Waals surface area contributed by atoms with E-state index in [-0.39, 0.29) is 5.41 Å². The quantitative estimate of drug-likeness (QED) is 0.714. The summed E-state index contributed by atoms with van der Waals surface area (Å²) < 4.78 is 0. The van der Waals surface area contributed by atoms with Gasteiger partial charge in [-0.3, -0.25) is 14.9 Å². The van der Waals surface area contributed by atoms with Crippen LogP contribution in [0, 0.1) is 0 Å². The zero-order chi connectivity index (χ0) is 18.1. The molecule has 0 bridgehead atoms. The van der Waals surface area contributed by atoms with Crippen molar-refractivity contribution < 1.29 is 0 Å². The molecule has 2 aliphatic rings. The molecule has 2 aliphatic heterocycles. The maximum Gasteiger partial charge on any atom is 0.0729 e. The number of nitrogens with zero attached hydrogens (tertiary/aromatic N) is 4. The Balaban J connectivity index is 1.39. The minimum Gasteiger partial charge on any atom is -0.365 e. The van der Waals surface area contributed by atoms with Crippen LogP contribution in [-0.2, 0) is 18.5 Å². The van der Waals surface area contributed by atoms with E-state index >= 15 is 0 Å². The van der Waals surface area contributed by atoms with Gasteiger partial charge in [0.05, 0.1) is 11.4 Å². The molecule has 2 aromatic heterocycles. The van der Waals surface area contributed by atoms with E-state index in [0.717, 1.165) is 32.7 Å². The number of benzene rings is 1. The molecular formula is C23H24N4. The SMILES string of the molecule is c1ccc(CN2C[C@]3(CCN(Cc4cccnc4)C3)c3ncccc32)cc1. The van der Waals surface area contributed by atoms with Crippen LogP contribution in [0.4, 0.5) is 5.69 Å². The van der Waals surface area contributed by atoms with Crippen molar-refractivity contribution in [3.8, 4) is 0 Å². The van der Waals surface area contributed by atoms with Gasteiger partial charge in [0.1, 0.15) is 0 Å². The van der Waals surface area contributed by atoms with Crippen LogP contribution in [0.25, 0.3) is 0 Å². The molecule has 1 spiro atoms. The standard InChI is InChI=1S/C23H24N4/c1-2-6-19(7-3-1)16-27-18-23(22-21(27)9-5-12-25-22)10-13-26(17-23)15-20-8-4-11-24-14-20/h1-9,11-12,14H,10,13,15-18H2/t23-/m1/s1. The molecule has 5 rings (SSSR count). The highest BCUT2D eigenvalue weighted by Crippen LogP contribution is 2.45. The summed E-state index contributed by atoms with van der Waals surface area (Å²) in [6, 6.07) is 19.2. The van der Waals surface area contributed by atoms with E-state index in [1.165, 1.54) is 28.9 Å². The third-order valence-electron chi connectivity index (χ3n) is 5.90. The maximum absolute atomic E-state index is 4.85. The van der Waals surface area contributed by atoms with Gasteiger partial charge in [0.25, 0.3) is 0 Å². The number of fused-ring (bicyclic) bond motifs is 2. The first kappa shape index (κ1) is 16.5. The van der Waals surface area contributed by atoms with Crippen LogP contribution in [0.15, 0.2) is 73.2 Å². The van der Waals surface area contributed by atoms with Gasteiger partial charge in [0.2, 0.25) is 0 Å². The summed E-state index contributed by atoms with van der Waals surface area (Å²) in [6.07, 6.45) is 6.94. The fourth-order valence-corrected chi connectivity index (χ4v) is 4.70. The molecule has 27 heavy (non-hydrogen) atoms. The lowest BCUT2D eigenvalue weighted by Crippen LogP contribution is -2.36. The van der Waals surface area contributed by atoms with Crippen molar-refractivity contribution in [3.05, 3.63) is 90.0 Å². The number of pyridine rings is 2. The Morgan fingerprint density at radius 2 is 1.70 bits per heavy atom. The molecule has 1 saturated heterocycles. The van der Waals surface area contributed by atoms with Crippen molar-refractivity contribution in [1.82, 2.24) is 14.9 Å². The summed E-state index contributed by atoms with van der Waals surface area (Å²) in [5, 5.41) is 0. The van der Waals surface area contributed by atoms with E-state index in [1.54, 1.807) is 0 Å². The monoisotopic (exact) mass is 356 g/mol. The Morgan fingerprint density at radius 1 is 0.852 bits per heavy atom. The second-order valence-electron chi connectivity index (χ2n) is 7.82. The average molecular weight is 356 g/mol. The molecule has 0 unspecified atom stereocenters. The largest absolute Gasteiger partial charge is 0.365 e. The minimum absolute atomic E-state index is 0.146. The van der Waals surface area contributed by atoms with Gasteiger partial charge in [-0.25, -0.2) is 0 Å². The van der Waals surface area contributed by atoms with E-state index in [1.807, 2.05) is 24.7 Å². The van der Waals surface area contributed by atoms with Crippen molar-refractivity contribution in [2.75, 3.05) is 24.5 Å². The zero-order valence-corrected chi connectivity index (χ0v) is 15.5. The predicted molar refractivity (Wildman–Crippen MR) is 108 cm³/mol. The summed E-state index contributed by atoms with van der Waals surface area (Å²) >= 11 is 0. The molecule has 3 aromatic rings. The maximum atomic E-state index is 4.85. The van der Waals surface area contributed by atoms with E-state index in [9.17, 15) is 0 Å². The fourth-order valence-electron chi connectivity index (χ4n) is 4.70. The van der Waals surface area contributed by atoms with Crippen LogP contribution in [0.3, 0.4) is 0 Å². The van der Waals surface area contributed by atoms with Gasteiger partial charge in [-0.1, -0.05) is 36.4 Å². The second kappa shape index (κ2) is 6.78. The van der Waals surface area contributed by atoms with Gasteiger partial charge in [0, 0.05) is 50.2 Å². The number of likely N-dealkylation sites (tertiary alicyclic amines) is 1. The number of aromatic nitrogens is 2. The highest BCUT2D eigenvalue weighted by molar-refractivity contribution is 5.60. The molecule has 4 heterocycles. The van der Waals surface area contributed by atoms with Gasteiger partial charge in [-0.05, 0) is 42.3 Å². The van der Waals surface area contributed by atoms with Gasteiger partial charge >= 0.3 is 0 Å². The minimum atomic E-state index is 0.146. The van der Waals surface area contributed by atoms with Crippen molar-refractivity contribution in [2.45, 2.75) is 24.9 Å². The number of hydrogen-bond donors (Lipinski definition) is 0. The van der Waals surface area contributed by atoms with Crippen LogP contribution in [0.1, 0.15) is 23.2 Å². The molecule has 1 fully saturated rings. The van der Waals surface area contributed by atoms with Crippen LogP contribution in [0.2, 0.25) is 0 Å². The Bertz CT molecular complexity index is 912. The Kier molecular flexibility index (Phi) is 4.13. The van der Waals surface area contributed by atoms with Crippen molar-refractivity contribution in [1.29, 1.82) is 0 Å². The number of anilines is 1. The molecule has 0 aliphatic carbocycles. The summed E-state index contributed by atoms with van der Waals surface area (Å²) in [5.74, 6) is 0. The molecule has 0 N–H and O–H groups in total. The Morgan fingerprint density at radius 3 is 2.56 bits per heavy atom. The highest BCUT2D eigenvalue weighted by Gasteiger charge is 2.48. The number of hydrogen-bond acceptors (Lipinski definition) is 4. The lowest BCUT2D eigenvalue weighted by Gasteiger charge is -2.26. The lowest BCUT2D eigenvalue weighted by molar-refractivity contribution is 0.305. The first-order valence-electron chi connectivity index (χ1n) is 9.68. The van der Waals surface area contributed by atoms with Gasteiger partial charge in [0.15, 0.2) is 0 Å². The van der Waals surface area contributed by atoms with Crippen molar-refractivity contribution in [2.24, 2.45) is 0 Å². The van der Waals surface area contributed by atoms with E-state index < -0.39 is 0 Å². The van der Waals surface area contributed by atoms with Gasteiger partial charge in [-0.2, -0.15) is 0 Å². The zero-order valence-electron chi connectivity index (χ0n) is 15.5. The second-order valence-corrected chi connectivity index (χ2v) is 7.82. The summed E-state index contributed by atoms with van der Waals surface area (Å²) in [6.45, 7) is 5.15. The molecule has 0 amide bonds. The molecular weight excluding hydrogens is 332 g/mol. The normalized spacial score (nSPS) is 21.7. The fraction of sp³-hybridized carbons (Fsp3) is 0.304. The molecule has 4 nitrogen and oxygen atoms in total. The van der Waals surface area contributed by atoms with Crippen LogP contribution in [0.5, 0.6) is 0 Å². The summed E-state index contributed by atoms with van der Waals surface area (Å²) in [5.41, 5.74) is 5.39. The third kappa shape index (κ3) is 3.10. The molecule has 1 aromatic carbocycles. The Hall–Kier alpha value is -2.72. The van der Waals surface area contributed by atoms with Crippen molar-refractivity contribution >= 4 is 5.69 Å². The first-order chi connectivity index (χ1) is 13.3. The topological polar surface area (TPSA) is 32.3 Å². The van der Waals surface area contributed by atoms with Gasteiger partial charge < -0.3 is 4.90 Å². The lowest BCUT2D eigenvalue weighted by atomic mass is 9.85. The Labute approximate surface area is 160 Å². The first-order valence-corrected chi connectivity index (χ1v) is 9.68. The average Bonchev–Trinajstić information content (AvgIpc) is 3.25. The predicted octanol–water partition coefficient (Wildman–Crippen LogP) is 3.64. The highest BCUT2D eigenvalue weighted by atomic mass is 15.2. The van der Waals surface area contributed by atoms with E-state index in [2.05, 4.69) is 63.3 Å². The van der Waals surface area contributed by atoms with Crippen LogP contribution < -0.4 is 4.90 Å².